The van der Waals surface area contributed by atoms with Crippen LogP contribution in [0.1, 0.15) is 15.9 Å². The van der Waals surface area contributed by atoms with Crippen molar-refractivity contribution in [1.29, 1.82) is 0 Å². The van der Waals surface area contributed by atoms with E-state index < -0.39 is 12.2 Å². The van der Waals surface area contributed by atoms with Crippen molar-refractivity contribution in [1.82, 2.24) is 4.90 Å². The summed E-state index contributed by atoms with van der Waals surface area (Å²) >= 11 is 6.07. The summed E-state index contributed by atoms with van der Waals surface area (Å²) in [5, 5.41) is 19.2. The van der Waals surface area contributed by atoms with E-state index in [4.69, 9.17) is 11.6 Å². The molecule has 1 aliphatic rings. The molecule has 1 fully saturated rings. The third-order valence-corrected chi connectivity index (χ3v) is 3.47. The molecule has 0 spiro atoms. The SMILES string of the molecule is Cc1cccc(C(=O)N2C[C@@H](O)[C@@H](O)C2)c1Cl. The molecule has 1 heterocycles. The Morgan fingerprint density at radius 1 is 1.35 bits per heavy atom. The van der Waals surface area contributed by atoms with Crippen molar-refractivity contribution in [3.63, 3.8) is 0 Å². The van der Waals surface area contributed by atoms with E-state index in [0.717, 1.165) is 5.56 Å². The fraction of sp³-hybridized carbons (Fsp3) is 0.417. The Labute approximate surface area is 104 Å². The van der Waals surface area contributed by atoms with Crippen LogP contribution in [0.4, 0.5) is 0 Å². The van der Waals surface area contributed by atoms with Crippen molar-refractivity contribution in [2.75, 3.05) is 13.1 Å². The Morgan fingerprint density at radius 3 is 2.53 bits per heavy atom. The quantitative estimate of drug-likeness (QED) is 0.781. The third-order valence-electron chi connectivity index (χ3n) is 2.97. The van der Waals surface area contributed by atoms with Crippen LogP contribution in [0.5, 0.6) is 0 Å². The number of rotatable bonds is 1. The second kappa shape index (κ2) is 4.64. The highest BCUT2D eigenvalue weighted by Gasteiger charge is 2.33. The lowest BCUT2D eigenvalue weighted by Gasteiger charge is -2.16. The number of halogens is 1. The average molecular weight is 256 g/mol. The van der Waals surface area contributed by atoms with Gasteiger partial charge in [-0.25, -0.2) is 0 Å². The summed E-state index contributed by atoms with van der Waals surface area (Å²) in [6, 6.07) is 5.24. The topological polar surface area (TPSA) is 60.8 Å². The van der Waals surface area contributed by atoms with Crippen LogP contribution in [0.15, 0.2) is 18.2 Å². The van der Waals surface area contributed by atoms with E-state index in [-0.39, 0.29) is 19.0 Å². The molecule has 0 radical (unpaired) electrons. The molecule has 1 amide bonds. The van der Waals surface area contributed by atoms with E-state index in [1.54, 1.807) is 12.1 Å². The molecule has 2 N–H and O–H groups in total. The normalized spacial score (nSPS) is 24.1. The van der Waals surface area contributed by atoms with Gasteiger partial charge in [0.2, 0.25) is 0 Å². The van der Waals surface area contributed by atoms with Crippen molar-refractivity contribution in [2.24, 2.45) is 0 Å². The van der Waals surface area contributed by atoms with Gasteiger partial charge >= 0.3 is 0 Å². The second-order valence-corrected chi connectivity index (χ2v) is 4.66. The monoisotopic (exact) mass is 255 g/mol. The van der Waals surface area contributed by atoms with Gasteiger partial charge in [-0.1, -0.05) is 23.7 Å². The molecule has 1 aromatic rings. The molecular weight excluding hydrogens is 242 g/mol. The Hall–Kier alpha value is -1.10. The summed E-state index contributed by atoms with van der Waals surface area (Å²) in [7, 11) is 0. The minimum atomic E-state index is -0.873. The number of aryl methyl sites for hydroxylation is 1. The van der Waals surface area contributed by atoms with Crippen LogP contribution in [-0.2, 0) is 0 Å². The van der Waals surface area contributed by atoms with Crippen molar-refractivity contribution in [3.8, 4) is 0 Å². The first-order valence-electron chi connectivity index (χ1n) is 5.41. The maximum absolute atomic E-state index is 12.1. The van der Waals surface area contributed by atoms with Gasteiger partial charge in [0.25, 0.3) is 5.91 Å². The minimum Gasteiger partial charge on any atom is -0.388 e. The van der Waals surface area contributed by atoms with Crippen LogP contribution in [-0.4, -0.2) is 46.3 Å². The van der Waals surface area contributed by atoms with Gasteiger partial charge in [0, 0.05) is 13.1 Å². The van der Waals surface area contributed by atoms with Crippen molar-refractivity contribution < 1.29 is 15.0 Å². The Morgan fingerprint density at radius 2 is 1.94 bits per heavy atom. The predicted octanol–water partition coefficient (Wildman–Crippen LogP) is 0.826. The molecule has 0 unspecified atom stereocenters. The summed E-state index contributed by atoms with van der Waals surface area (Å²) in [6.07, 6.45) is -1.75. The summed E-state index contributed by atoms with van der Waals surface area (Å²) in [5.41, 5.74) is 1.24. The van der Waals surface area contributed by atoms with E-state index in [1.165, 1.54) is 4.90 Å². The second-order valence-electron chi connectivity index (χ2n) is 4.28. The number of nitrogens with zero attached hydrogens (tertiary/aromatic N) is 1. The molecule has 5 heteroatoms. The molecule has 0 aromatic heterocycles. The Kier molecular flexibility index (Phi) is 3.38. The highest BCUT2D eigenvalue weighted by atomic mass is 35.5. The van der Waals surface area contributed by atoms with E-state index in [2.05, 4.69) is 0 Å². The fourth-order valence-corrected chi connectivity index (χ4v) is 2.13. The molecule has 17 heavy (non-hydrogen) atoms. The van der Waals surface area contributed by atoms with E-state index >= 15 is 0 Å². The lowest BCUT2D eigenvalue weighted by atomic mass is 10.1. The number of carbonyl (C=O) groups excluding carboxylic acids is 1. The number of hydrogen-bond donors (Lipinski definition) is 2. The van der Waals surface area contributed by atoms with Gasteiger partial charge in [0.1, 0.15) is 0 Å². The van der Waals surface area contributed by atoms with Gasteiger partial charge in [0.05, 0.1) is 22.8 Å². The molecule has 4 nitrogen and oxygen atoms in total. The molecule has 2 atom stereocenters. The number of β-amino-alcohol motifs (C(OH)–C–C–N with tert-alkyl or cyclic N) is 2. The molecule has 1 aliphatic heterocycles. The predicted molar refractivity (Wildman–Crippen MR) is 64.1 cm³/mol. The van der Waals surface area contributed by atoms with Crippen LogP contribution in [0.3, 0.4) is 0 Å². The van der Waals surface area contributed by atoms with Gasteiger partial charge in [-0.05, 0) is 18.6 Å². The van der Waals surface area contributed by atoms with Crippen LogP contribution in [0.25, 0.3) is 0 Å². The minimum absolute atomic E-state index is 0.143. The van der Waals surface area contributed by atoms with Crippen molar-refractivity contribution >= 4 is 17.5 Å². The summed E-state index contributed by atoms with van der Waals surface area (Å²) in [6.45, 7) is 2.11. The van der Waals surface area contributed by atoms with Crippen LogP contribution in [0.2, 0.25) is 5.02 Å². The van der Waals surface area contributed by atoms with E-state index in [9.17, 15) is 15.0 Å². The number of amides is 1. The third kappa shape index (κ3) is 2.29. The van der Waals surface area contributed by atoms with Crippen molar-refractivity contribution in [3.05, 3.63) is 34.3 Å². The van der Waals surface area contributed by atoms with E-state index in [0.29, 0.717) is 10.6 Å². The number of carbonyl (C=O) groups is 1. The lowest BCUT2D eigenvalue weighted by molar-refractivity contribution is 0.0572. The largest absolute Gasteiger partial charge is 0.388 e. The number of benzene rings is 1. The molecule has 0 aliphatic carbocycles. The van der Waals surface area contributed by atoms with Gasteiger partial charge in [-0.2, -0.15) is 0 Å². The number of aliphatic hydroxyl groups is 2. The molecule has 1 saturated heterocycles. The van der Waals surface area contributed by atoms with Crippen molar-refractivity contribution in [2.45, 2.75) is 19.1 Å². The Balaban J connectivity index is 2.24. The van der Waals surface area contributed by atoms with Crippen LogP contribution >= 0.6 is 11.6 Å². The van der Waals surface area contributed by atoms with Gasteiger partial charge in [-0.15, -0.1) is 0 Å². The van der Waals surface area contributed by atoms with Crippen LogP contribution in [0, 0.1) is 6.92 Å². The molecule has 0 bridgehead atoms. The summed E-state index contributed by atoms with van der Waals surface area (Å²) in [5.74, 6) is -0.255. The number of hydrogen-bond acceptors (Lipinski definition) is 3. The van der Waals surface area contributed by atoms with Gasteiger partial charge in [0.15, 0.2) is 0 Å². The van der Waals surface area contributed by atoms with Gasteiger partial charge < -0.3 is 15.1 Å². The molecule has 0 saturated carbocycles. The average Bonchev–Trinajstić information content (AvgIpc) is 2.62. The van der Waals surface area contributed by atoms with Crippen LogP contribution < -0.4 is 0 Å². The molecular formula is C12H14ClNO3. The lowest BCUT2D eigenvalue weighted by Crippen LogP contribution is -2.30. The summed E-state index contributed by atoms with van der Waals surface area (Å²) < 4.78 is 0. The zero-order valence-corrected chi connectivity index (χ0v) is 10.2. The maximum Gasteiger partial charge on any atom is 0.255 e. The Bertz CT molecular complexity index is 439. The fourth-order valence-electron chi connectivity index (χ4n) is 1.92. The zero-order valence-electron chi connectivity index (χ0n) is 9.43. The first-order valence-corrected chi connectivity index (χ1v) is 5.79. The smallest absolute Gasteiger partial charge is 0.255 e. The van der Waals surface area contributed by atoms with E-state index in [1.807, 2.05) is 13.0 Å². The highest BCUT2D eigenvalue weighted by molar-refractivity contribution is 6.34. The highest BCUT2D eigenvalue weighted by Crippen LogP contribution is 2.23. The molecule has 2 rings (SSSR count). The standard InChI is InChI=1S/C12H14ClNO3/c1-7-3-2-4-8(11(7)13)12(17)14-5-9(15)10(16)6-14/h2-4,9-10,15-16H,5-6H2,1H3/t9-,10+. The first-order chi connectivity index (χ1) is 8.00. The zero-order chi connectivity index (χ0) is 12.6. The van der Waals surface area contributed by atoms with Gasteiger partial charge in [-0.3, -0.25) is 4.79 Å². The number of aliphatic hydroxyl groups excluding tert-OH is 2. The molecule has 1 aromatic carbocycles. The maximum atomic E-state index is 12.1. The molecule has 92 valence electrons. The summed E-state index contributed by atoms with van der Waals surface area (Å²) in [4.78, 5) is 13.5. The first kappa shape index (κ1) is 12.4. The number of likely N-dealkylation sites (tertiary alicyclic amines) is 1.